The zero-order valence-corrected chi connectivity index (χ0v) is 18.0. The second-order valence-corrected chi connectivity index (χ2v) is 7.89. The Kier molecular flexibility index (Phi) is 6.95. The fourth-order valence-corrected chi connectivity index (χ4v) is 4.03. The number of hydrogen-bond donors (Lipinski definition) is 0. The van der Waals surface area contributed by atoms with Crippen LogP contribution >= 0.6 is 0 Å². The van der Waals surface area contributed by atoms with E-state index in [0.717, 1.165) is 12.8 Å². The van der Waals surface area contributed by atoms with Gasteiger partial charge in [0.15, 0.2) is 0 Å². The first kappa shape index (κ1) is 22.1. The van der Waals surface area contributed by atoms with Crippen LogP contribution in [0.1, 0.15) is 42.1 Å². The quantitative estimate of drug-likeness (QED) is 0.695. The van der Waals surface area contributed by atoms with E-state index in [2.05, 4.69) is 6.07 Å². The number of carbonyl (C=O) groups is 2. The molecule has 3 rings (SSSR count). The molecule has 1 aromatic carbocycles. The lowest BCUT2D eigenvalue weighted by Crippen LogP contribution is -2.52. The molecule has 2 aliphatic heterocycles. The van der Waals surface area contributed by atoms with E-state index in [9.17, 15) is 14.9 Å². The van der Waals surface area contributed by atoms with Gasteiger partial charge in [-0.15, -0.1) is 0 Å². The van der Waals surface area contributed by atoms with Crippen molar-refractivity contribution in [2.24, 2.45) is 0 Å². The molecule has 2 heterocycles. The lowest BCUT2D eigenvalue weighted by molar-refractivity contribution is -0.152. The Hall–Kier alpha value is -2.63. The van der Waals surface area contributed by atoms with Gasteiger partial charge in [0.25, 0.3) is 5.91 Å². The molecule has 1 aromatic rings. The Labute approximate surface area is 177 Å². The molecule has 2 aliphatic rings. The summed E-state index contributed by atoms with van der Waals surface area (Å²) in [6.45, 7) is 2.40. The molecule has 1 saturated heterocycles. The zero-order valence-electron chi connectivity index (χ0n) is 18.0. The van der Waals surface area contributed by atoms with Crippen LogP contribution in [0.15, 0.2) is 18.2 Å². The smallest absolute Gasteiger partial charge is 0.258 e. The predicted octanol–water partition coefficient (Wildman–Crippen LogP) is 1.82. The number of hydrogen-bond acceptors (Lipinski definition) is 6. The van der Waals surface area contributed by atoms with Crippen molar-refractivity contribution in [3.05, 3.63) is 29.3 Å². The monoisotopic (exact) mass is 415 g/mol. The van der Waals surface area contributed by atoms with E-state index in [0.29, 0.717) is 25.1 Å². The lowest BCUT2D eigenvalue weighted by Gasteiger charge is -2.39. The number of methoxy groups -OCH3 is 1. The highest BCUT2D eigenvalue weighted by molar-refractivity contribution is 6.00. The summed E-state index contributed by atoms with van der Waals surface area (Å²) in [6.07, 6.45) is 1.89. The molecular formula is C22H29N3O5. The Bertz CT molecular complexity index is 837. The summed E-state index contributed by atoms with van der Waals surface area (Å²) in [6, 6.07) is 6.29. The van der Waals surface area contributed by atoms with Gasteiger partial charge in [-0.3, -0.25) is 9.59 Å². The molecule has 162 valence electrons. The summed E-state index contributed by atoms with van der Waals surface area (Å²) in [4.78, 5) is 29.1. The van der Waals surface area contributed by atoms with Gasteiger partial charge in [-0.1, -0.05) is 6.07 Å². The van der Waals surface area contributed by atoms with Crippen LogP contribution in [0, 0.1) is 11.3 Å². The molecule has 0 saturated carbocycles. The lowest BCUT2D eigenvalue weighted by atomic mass is 9.98. The van der Waals surface area contributed by atoms with Crippen molar-refractivity contribution in [1.29, 1.82) is 5.26 Å². The Morgan fingerprint density at radius 3 is 2.67 bits per heavy atom. The molecule has 30 heavy (non-hydrogen) atoms. The average Bonchev–Trinajstić information content (AvgIpc) is 2.76. The molecule has 2 amide bonds. The van der Waals surface area contributed by atoms with E-state index < -0.39 is 6.04 Å². The van der Waals surface area contributed by atoms with Crippen LogP contribution in [0.3, 0.4) is 0 Å². The van der Waals surface area contributed by atoms with E-state index in [1.807, 2.05) is 0 Å². The summed E-state index contributed by atoms with van der Waals surface area (Å²) in [5.41, 5.74) is 0.567. The second kappa shape index (κ2) is 9.45. The third-order valence-electron chi connectivity index (χ3n) is 6.00. The summed E-state index contributed by atoms with van der Waals surface area (Å²) in [7, 11) is 4.95. The van der Waals surface area contributed by atoms with Crippen molar-refractivity contribution in [2.45, 2.75) is 50.5 Å². The normalized spacial score (nSPS) is 28.2. The minimum absolute atomic E-state index is 0.0404. The first-order chi connectivity index (χ1) is 14.4. The van der Waals surface area contributed by atoms with Crippen molar-refractivity contribution in [1.82, 2.24) is 9.80 Å². The van der Waals surface area contributed by atoms with Gasteiger partial charge in [-0.05, 0) is 31.9 Å². The van der Waals surface area contributed by atoms with Gasteiger partial charge in [0.2, 0.25) is 5.91 Å². The molecule has 0 unspecified atom stereocenters. The number of nitriles is 1. The van der Waals surface area contributed by atoms with Crippen LogP contribution in [0.5, 0.6) is 5.75 Å². The first-order valence-corrected chi connectivity index (χ1v) is 10.2. The van der Waals surface area contributed by atoms with Crippen molar-refractivity contribution in [2.75, 3.05) is 34.4 Å². The van der Waals surface area contributed by atoms with Gasteiger partial charge >= 0.3 is 0 Å². The zero-order chi connectivity index (χ0) is 21.8. The van der Waals surface area contributed by atoms with E-state index in [-0.39, 0.29) is 41.4 Å². The molecule has 0 spiro atoms. The van der Waals surface area contributed by atoms with Crippen LogP contribution in [0.4, 0.5) is 0 Å². The standard InChI is InChI=1S/C22H29N3O5/c1-14-21(26)24(2)13-19-18(28-4)9-8-16(30-19)10-11-29-20-15(12-23)6-5-7-17(20)22(27)25(14)3/h5-7,14,16,18-19H,8-11,13H2,1-4H3/t14-,16+,18-,19-/m1/s1. The molecule has 1 fully saturated rings. The number of nitrogens with zero attached hydrogens (tertiary/aromatic N) is 3. The SMILES string of the molecule is CO[C@@H]1CC[C@H]2CCOc3c(C#N)cccc3C(=O)N(C)[C@H](C)C(=O)N(C)C[C@H]1O2. The molecular weight excluding hydrogens is 386 g/mol. The van der Waals surface area contributed by atoms with E-state index in [4.69, 9.17) is 14.2 Å². The van der Waals surface area contributed by atoms with E-state index >= 15 is 0 Å². The minimum Gasteiger partial charge on any atom is -0.491 e. The largest absolute Gasteiger partial charge is 0.491 e. The molecule has 4 atom stereocenters. The Morgan fingerprint density at radius 2 is 1.97 bits per heavy atom. The summed E-state index contributed by atoms with van der Waals surface area (Å²) in [5.74, 6) is -0.300. The van der Waals surface area contributed by atoms with Crippen molar-refractivity contribution >= 4 is 11.8 Å². The van der Waals surface area contributed by atoms with Crippen LogP contribution < -0.4 is 4.74 Å². The van der Waals surface area contributed by atoms with Gasteiger partial charge in [-0.2, -0.15) is 5.26 Å². The maximum absolute atomic E-state index is 13.2. The third-order valence-corrected chi connectivity index (χ3v) is 6.00. The number of carbonyl (C=O) groups excluding carboxylic acids is 2. The Morgan fingerprint density at radius 1 is 1.20 bits per heavy atom. The second-order valence-electron chi connectivity index (χ2n) is 7.89. The van der Waals surface area contributed by atoms with Crippen molar-refractivity contribution in [3.8, 4) is 11.8 Å². The van der Waals surface area contributed by atoms with Gasteiger partial charge in [0.1, 0.15) is 24.0 Å². The maximum atomic E-state index is 13.2. The molecule has 0 aliphatic carbocycles. The molecule has 8 heteroatoms. The fraction of sp³-hybridized carbons (Fsp3) is 0.591. The number of likely N-dealkylation sites (N-methyl/N-ethyl adjacent to an activating group) is 2. The predicted molar refractivity (Wildman–Crippen MR) is 109 cm³/mol. The maximum Gasteiger partial charge on any atom is 0.258 e. The van der Waals surface area contributed by atoms with Crippen LogP contribution in [0.2, 0.25) is 0 Å². The topological polar surface area (TPSA) is 92.1 Å². The number of rotatable bonds is 1. The summed E-state index contributed by atoms with van der Waals surface area (Å²) in [5, 5.41) is 9.49. The summed E-state index contributed by atoms with van der Waals surface area (Å²) < 4.78 is 17.7. The van der Waals surface area contributed by atoms with Crippen LogP contribution in [-0.2, 0) is 14.3 Å². The third kappa shape index (κ3) is 4.42. The molecule has 0 radical (unpaired) electrons. The molecule has 0 N–H and O–H groups in total. The van der Waals surface area contributed by atoms with Gasteiger partial charge in [0, 0.05) is 34.2 Å². The highest BCUT2D eigenvalue weighted by atomic mass is 16.5. The number of amides is 2. The molecule has 2 bridgehead atoms. The van der Waals surface area contributed by atoms with E-state index in [1.54, 1.807) is 51.2 Å². The molecule has 8 nitrogen and oxygen atoms in total. The fourth-order valence-electron chi connectivity index (χ4n) is 4.03. The average molecular weight is 415 g/mol. The number of fused-ring (bicyclic) bond motifs is 3. The van der Waals surface area contributed by atoms with Crippen molar-refractivity contribution in [3.63, 3.8) is 0 Å². The number of para-hydroxylation sites is 1. The molecule has 0 aromatic heterocycles. The number of benzene rings is 1. The van der Waals surface area contributed by atoms with Gasteiger partial charge in [-0.25, -0.2) is 0 Å². The van der Waals surface area contributed by atoms with E-state index in [1.165, 1.54) is 4.90 Å². The minimum atomic E-state index is -0.690. The van der Waals surface area contributed by atoms with Crippen molar-refractivity contribution < 1.29 is 23.8 Å². The van der Waals surface area contributed by atoms with Gasteiger partial charge in [0.05, 0.1) is 29.9 Å². The van der Waals surface area contributed by atoms with Gasteiger partial charge < -0.3 is 24.0 Å². The Balaban J connectivity index is 1.96. The highest BCUT2D eigenvalue weighted by Crippen LogP contribution is 2.28. The first-order valence-electron chi connectivity index (χ1n) is 10.2. The van der Waals surface area contributed by atoms with Crippen LogP contribution in [0.25, 0.3) is 0 Å². The summed E-state index contributed by atoms with van der Waals surface area (Å²) >= 11 is 0. The van der Waals surface area contributed by atoms with Crippen LogP contribution in [-0.4, -0.2) is 80.3 Å². The highest BCUT2D eigenvalue weighted by Gasteiger charge is 2.35. The number of ether oxygens (including phenoxy) is 3.